The highest BCUT2D eigenvalue weighted by Gasteiger charge is 2.12. The molecule has 4 nitrogen and oxygen atoms in total. The summed E-state index contributed by atoms with van der Waals surface area (Å²) < 4.78 is 18.4. The molecule has 0 saturated heterocycles. The van der Waals surface area contributed by atoms with E-state index in [-0.39, 0.29) is 5.02 Å². The van der Waals surface area contributed by atoms with E-state index in [2.05, 4.69) is 15.5 Å². The number of aromatic nitrogens is 2. The molecule has 0 saturated carbocycles. The second-order valence-electron chi connectivity index (χ2n) is 4.26. The van der Waals surface area contributed by atoms with E-state index in [9.17, 15) is 4.39 Å². The first kappa shape index (κ1) is 12.3. The van der Waals surface area contributed by atoms with Crippen LogP contribution in [0.1, 0.15) is 11.3 Å². The van der Waals surface area contributed by atoms with Crippen LogP contribution in [-0.2, 0) is 17.8 Å². The molecule has 1 aromatic carbocycles. The van der Waals surface area contributed by atoms with Crippen LogP contribution in [0.4, 0.5) is 15.9 Å². The van der Waals surface area contributed by atoms with Crippen LogP contribution in [0.5, 0.6) is 0 Å². The molecule has 0 bridgehead atoms. The van der Waals surface area contributed by atoms with Gasteiger partial charge in [0.25, 0.3) is 0 Å². The fraction of sp³-hybridized carbons (Fsp3) is 0.231. The number of rotatable bonds is 2. The average Bonchev–Trinajstić information content (AvgIpc) is 2.43. The largest absolute Gasteiger partial charge is 0.376 e. The second kappa shape index (κ2) is 5.11. The third-order valence-corrected chi connectivity index (χ3v) is 3.18. The molecule has 0 radical (unpaired) electrons. The lowest BCUT2D eigenvalue weighted by Gasteiger charge is -2.15. The summed E-state index contributed by atoms with van der Waals surface area (Å²) in [5.41, 5.74) is 2.66. The Labute approximate surface area is 114 Å². The third-order valence-electron chi connectivity index (χ3n) is 2.89. The van der Waals surface area contributed by atoms with E-state index >= 15 is 0 Å². The maximum Gasteiger partial charge on any atom is 0.153 e. The number of hydrogen-bond acceptors (Lipinski definition) is 4. The van der Waals surface area contributed by atoms with Crippen LogP contribution in [-0.4, -0.2) is 16.8 Å². The number of fused-ring (bicyclic) bond motifs is 1. The van der Waals surface area contributed by atoms with Crippen molar-refractivity contribution in [2.75, 3.05) is 11.9 Å². The van der Waals surface area contributed by atoms with Gasteiger partial charge in [0.05, 0.1) is 23.9 Å². The molecule has 0 atom stereocenters. The Morgan fingerprint density at radius 3 is 3.00 bits per heavy atom. The smallest absolute Gasteiger partial charge is 0.153 e. The lowest BCUT2D eigenvalue weighted by molar-refractivity contribution is 0.109. The van der Waals surface area contributed by atoms with E-state index in [0.717, 1.165) is 17.7 Å². The van der Waals surface area contributed by atoms with Crippen molar-refractivity contribution in [3.05, 3.63) is 46.4 Å². The topological polar surface area (TPSA) is 47.0 Å². The van der Waals surface area contributed by atoms with E-state index in [1.807, 2.05) is 6.07 Å². The third kappa shape index (κ3) is 2.67. The average molecular weight is 280 g/mol. The Balaban J connectivity index is 1.84. The van der Waals surface area contributed by atoms with Crippen LogP contribution < -0.4 is 5.32 Å². The van der Waals surface area contributed by atoms with E-state index in [1.54, 1.807) is 6.07 Å². The number of hydrogen-bond donors (Lipinski definition) is 1. The van der Waals surface area contributed by atoms with Crippen molar-refractivity contribution in [3.63, 3.8) is 0 Å². The van der Waals surface area contributed by atoms with Crippen molar-refractivity contribution in [1.82, 2.24) is 10.2 Å². The molecule has 0 aliphatic carbocycles. The van der Waals surface area contributed by atoms with Crippen molar-refractivity contribution in [2.45, 2.75) is 13.0 Å². The minimum atomic E-state index is -0.447. The summed E-state index contributed by atoms with van der Waals surface area (Å²) in [5, 5.41) is 11.4. The summed E-state index contributed by atoms with van der Waals surface area (Å²) in [5.74, 6) is 0.143. The fourth-order valence-electron chi connectivity index (χ4n) is 1.93. The normalized spacial score (nSPS) is 14.0. The van der Waals surface area contributed by atoms with Gasteiger partial charge in [0.1, 0.15) is 5.82 Å². The standard InChI is InChI=1S/C13H11ClFN3O/c14-10-6-9(1-2-11(10)15)16-13-5-8-7-19-4-3-12(8)17-18-13/h1-2,5-6H,3-4,7H2,(H,16,18). The predicted molar refractivity (Wildman–Crippen MR) is 70.1 cm³/mol. The van der Waals surface area contributed by atoms with Gasteiger partial charge in [-0.15, -0.1) is 5.10 Å². The van der Waals surface area contributed by atoms with Crippen LogP contribution in [0, 0.1) is 5.82 Å². The lowest BCUT2D eigenvalue weighted by atomic mass is 10.1. The van der Waals surface area contributed by atoms with Gasteiger partial charge in [-0.25, -0.2) is 4.39 Å². The molecule has 0 amide bonds. The van der Waals surface area contributed by atoms with Crippen LogP contribution in [0.25, 0.3) is 0 Å². The zero-order valence-electron chi connectivity index (χ0n) is 9.99. The van der Waals surface area contributed by atoms with Crippen molar-refractivity contribution in [1.29, 1.82) is 0 Å². The highest BCUT2D eigenvalue weighted by atomic mass is 35.5. The molecular weight excluding hydrogens is 269 g/mol. The number of nitrogens with zero attached hydrogens (tertiary/aromatic N) is 2. The Kier molecular flexibility index (Phi) is 3.31. The summed E-state index contributed by atoms with van der Waals surface area (Å²) >= 11 is 5.72. The van der Waals surface area contributed by atoms with Gasteiger partial charge in [-0.05, 0) is 24.3 Å². The van der Waals surface area contributed by atoms with Gasteiger partial charge in [-0.3, -0.25) is 0 Å². The minimum absolute atomic E-state index is 0.0688. The molecular formula is C13H11ClFN3O. The highest BCUT2D eigenvalue weighted by Crippen LogP contribution is 2.23. The first-order chi connectivity index (χ1) is 9.22. The van der Waals surface area contributed by atoms with Gasteiger partial charge in [0.15, 0.2) is 5.82 Å². The quantitative estimate of drug-likeness (QED) is 0.918. The van der Waals surface area contributed by atoms with Crippen LogP contribution in [0.3, 0.4) is 0 Å². The van der Waals surface area contributed by atoms with Gasteiger partial charge in [0.2, 0.25) is 0 Å². The molecule has 1 aromatic heterocycles. The van der Waals surface area contributed by atoms with Gasteiger partial charge >= 0.3 is 0 Å². The summed E-state index contributed by atoms with van der Waals surface area (Å²) in [7, 11) is 0. The molecule has 19 heavy (non-hydrogen) atoms. The molecule has 1 N–H and O–H groups in total. The zero-order valence-corrected chi connectivity index (χ0v) is 10.7. The van der Waals surface area contributed by atoms with Crippen molar-refractivity contribution >= 4 is 23.1 Å². The molecule has 2 heterocycles. The Bertz CT molecular complexity index is 621. The van der Waals surface area contributed by atoms with Crippen molar-refractivity contribution in [3.8, 4) is 0 Å². The van der Waals surface area contributed by atoms with E-state index < -0.39 is 5.82 Å². The number of halogens is 2. The maximum absolute atomic E-state index is 13.1. The molecule has 98 valence electrons. The summed E-state index contributed by atoms with van der Waals surface area (Å²) in [6.07, 6.45) is 0.783. The predicted octanol–water partition coefficient (Wildman–Crippen LogP) is 3.09. The van der Waals surface area contributed by atoms with Crippen LogP contribution in [0.15, 0.2) is 24.3 Å². The van der Waals surface area contributed by atoms with Gasteiger partial charge in [-0.1, -0.05) is 11.6 Å². The van der Waals surface area contributed by atoms with E-state index in [1.165, 1.54) is 12.1 Å². The number of ether oxygens (including phenoxy) is 1. The lowest BCUT2D eigenvalue weighted by Crippen LogP contribution is -2.13. The number of anilines is 2. The van der Waals surface area contributed by atoms with Crippen molar-refractivity contribution in [2.24, 2.45) is 0 Å². The molecule has 2 aromatic rings. The second-order valence-corrected chi connectivity index (χ2v) is 4.67. The molecule has 0 fully saturated rings. The molecule has 1 aliphatic rings. The zero-order chi connectivity index (χ0) is 13.2. The summed E-state index contributed by atoms with van der Waals surface area (Å²) in [6.45, 7) is 1.23. The minimum Gasteiger partial charge on any atom is -0.376 e. The Hall–Kier alpha value is -1.72. The van der Waals surface area contributed by atoms with Gasteiger partial charge < -0.3 is 10.1 Å². The molecule has 3 rings (SSSR count). The van der Waals surface area contributed by atoms with Crippen LogP contribution >= 0.6 is 11.6 Å². The SMILES string of the molecule is Fc1ccc(Nc2cc3c(nn2)CCOC3)cc1Cl. The molecule has 6 heteroatoms. The van der Waals surface area contributed by atoms with Gasteiger partial charge in [0, 0.05) is 17.7 Å². The van der Waals surface area contributed by atoms with E-state index in [0.29, 0.717) is 24.7 Å². The number of benzene rings is 1. The highest BCUT2D eigenvalue weighted by molar-refractivity contribution is 6.31. The Morgan fingerprint density at radius 1 is 1.26 bits per heavy atom. The fourth-order valence-corrected chi connectivity index (χ4v) is 2.11. The summed E-state index contributed by atoms with van der Waals surface area (Å²) in [6, 6.07) is 6.30. The molecule has 0 spiro atoms. The monoisotopic (exact) mass is 279 g/mol. The van der Waals surface area contributed by atoms with Crippen molar-refractivity contribution < 1.29 is 9.13 Å². The molecule has 0 unspecified atom stereocenters. The Morgan fingerprint density at radius 2 is 2.16 bits per heavy atom. The van der Waals surface area contributed by atoms with Crippen LogP contribution in [0.2, 0.25) is 5.02 Å². The first-order valence-electron chi connectivity index (χ1n) is 5.88. The molecule has 1 aliphatic heterocycles. The number of nitrogens with one attached hydrogen (secondary N) is 1. The van der Waals surface area contributed by atoms with E-state index in [4.69, 9.17) is 16.3 Å². The van der Waals surface area contributed by atoms with Gasteiger partial charge in [-0.2, -0.15) is 5.10 Å². The maximum atomic E-state index is 13.1. The summed E-state index contributed by atoms with van der Waals surface area (Å²) in [4.78, 5) is 0. The first-order valence-corrected chi connectivity index (χ1v) is 6.25.